The molecule has 0 aliphatic rings. The Morgan fingerprint density at radius 2 is 1.34 bits per heavy atom. The molecule has 0 spiro atoms. The van der Waals surface area contributed by atoms with E-state index in [0.29, 0.717) is 21.4 Å². The molecule has 4 N–H and O–H groups in total. The fourth-order valence-corrected chi connectivity index (χ4v) is 5.97. The highest BCUT2D eigenvalue weighted by molar-refractivity contribution is 7.89. The number of carbonyl (C=O) groups is 2. The van der Waals surface area contributed by atoms with Crippen molar-refractivity contribution in [2.24, 2.45) is 5.73 Å². The standard InChI is InChI=1S/C19H16ClNO4S.C13H11NO/c20-16-10-4-9-15-14(16)8-5-11-18(15)26(24,25)21-17(19(22)23)12-13-6-2-1-3-7-13;14-13(15)12-9-5-4-8-11(12)10-6-2-1-3-7-10/h1-11,17,21H,12H2,(H,22,23);1-9H,(H2,14,15)/t17-;/m0./s1. The van der Waals surface area contributed by atoms with Crippen molar-refractivity contribution >= 4 is 44.3 Å². The molecule has 0 saturated heterocycles. The number of primary amides is 1. The van der Waals surface area contributed by atoms with Gasteiger partial charge in [0.25, 0.3) is 0 Å². The molecule has 0 radical (unpaired) electrons. The van der Waals surface area contributed by atoms with E-state index >= 15 is 0 Å². The maximum Gasteiger partial charge on any atom is 0.322 e. The molecule has 1 amide bonds. The molecule has 41 heavy (non-hydrogen) atoms. The second-order valence-corrected chi connectivity index (χ2v) is 11.2. The second-order valence-electron chi connectivity index (χ2n) is 9.07. The molecular formula is C32H27ClN2O5S. The predicted molar refractivity (Wildman–Crippen MR) is 161 cm³/mol. The van der Waals surface area contributed by atoms with E-state index in [1.54, 1.807) is 60.7 Å². The van der Waals surface area contributed by atoms with Gasteiger partial charge < -0.3 is 10.8 Å². The van der Waals surface area contributed by atoms with Crippen molar-refractivity contribution in [2.75, 3.05) is 0 Å². The van der Waals surface area contributed by atoms with Gasteiger partial charge in [-0.25, -0.2) is 8.42 Å². The van der Waals surface area contributed by atoms with Crippen LogP contribution in [-0.2, 0) is 21.2 Å². The zero-order valence-electron chi connectivity index (χ0n) is 21.8. The predicted octanol–water partition coefficient (Wildman–Crippen LogP) is 5.92. The molecule has 5 aromatic rings. The van der Waals surface area contributed by atoms with Gasteiger partial charge in [-0.15, -0.1) is 0 Å². The monoisotopic (exact) mass is 586 g/mol. The molecule has 0 fully saturated rings. The van der Waals surface area contributed by atoms with Crippen molar-refractivity contribution in [3.05, 3.63) is 137 Å². The van der Waals surface area contributed by atoms with Crippen LogP contribution in [0.2, 0.25) is 5.02 Å². The molecule has 0 aliphatic heterocycles. The van der Waals surface area contributed by atoms with Gasteiger partial charge in [0, 0.05) is 21.4 Å². The van der Waals surface area contributed by atoms with Crippen molar-refractivity contribution < 1.29 is 23.1 Å². The molecule has 5 aromatic carbocycles. The van der Waals surface area contributed by atoms with Crippen LogP contribution < -0.4 is 10.5 Å². The number of carbonyl (C=O) groups excluding carboxylic acids is 1. The molecule has 1 atom stereocenters. The number of rotatable bonds is 8. The molecule has 0 unspecified atom stereocenters. The molecule has 0 saturated carbocycles. The topological polar surface area (TPSA) is 127 Å². The lowest BCUT2D eigenvalue weighted by molar-refractivity contribution is -0.138. The van der Waals surface area contributed by atoms with E-state index in [9.17, 15) is 23.1 Å². The maximum absolute atomic E-state index is 12.8. The molecule has 0 bridgehead atoms. The molecule has 9 heteroatoms. The van der Waals surface area contributed by atoms with E-state index in [1.165, 1.54) is 6.07 Å². The van der Waals surface area contributed by atoms with Crippen LogP contribution in [0.4, 0.5) is 0 Å². The maximum atomic E-state index is 12.8. The molecular weight excluding hydrogens is 560 g/mol. The van der Waals surface area contributed by atoms with Gasteiger partial charge in [-0.1, -0.05) is 115 Å². The van der Waals surface area contributed by atoms with Crippen LogP contribution in [0.25, 0.3) is 21.9 Å². The molecule has 7 nitrogen and oxygen atoms in total. The average molecular weight is 587 g/mol. The van der Waals surface area contributed by atoms with Crippen LogP contribution in [0.15, 0.2) is 126 Å². The van der Waals surface area contributed by atoms with E-state index in [2.05, 4.69) is 4.72 Å². The summed E-state index contributed by atoms with van der Waals surface area (Å²) in [4.78, 5) is 22.8. The summed E-state index contributed by atoms with van der Waals surface area (Å²) in [6.07, 6.45) is 0.0426. The van der Waals surface area contributed by atoms with Crippen LogP contribution >= 0.6 is 11.6 Å². The first-order valence-electron chi connectivity index (χ1n) is 12.6. The van der Waals surface area contributed by atoms with E-state index in [1.807, 2.05) is 54.6 Å². The van der Waals surface area contributed by atoms with E-state index in [-0.39, 0.29) is 11.3 Å². The summed E-state index contributed by atoms with van der Waals surface area (Å²) in [5, 5.41) is 10.9. The molecule has 0 heterocycles. The first kappa shape index (κ1) is 29.5. The Balaban J connectivity index is 0.000000218. The van der Waals surface area contributed by atoms with Crippen LogP contribution in [0, 0.1) is 0 Å². The first-order chi connectivity index (χ1) is 19.7. The number of aliphatic carboxylic acids is 1. The average Bonchev–Trinajstić information content (AvgIpc) is 2.98. The first-order valence-corrected chi connectivity index (χ1v) is 14.4. The number of nitrogens with two attached hydrogens (primary N) is 1. The Morgan fingerprint density at radius 1 is 0.756 bits per heavy atom. The largest absolute Gasteiger partial charge is 0.480 e. The number of fused-ring (bicyclic) bond motifs is 1. The molecule has 208 valence electrons. The lowest BCUT2D eigenvalue weighted by Crippen LogP contribution is -2.42. The Hall–Kier alpha value is -4.50. The highest BCUT2D eigenvalue weighted by atomic mass is 35.5. The highest BCUT2D eigenvalue weighted by Gasteiger charge is 2.27. The fourth-order valence-electron chi connectivity index (χ4n) is 4.32. The fraction of sp³-hybridized carbons (Fsp3) is 0.0625. The van der Waals surface area contributed by atoms with Gasteiger partial charge in [0.05, 0.1) is 4.90 Å². The third-order valence-electron chi connectivity index (χ3n) is 6.27. The van der Waals surface area contributed by atoms with Crippen molar-refractivity contribution in [3.63, 3.8) is 0 Å². The Labute approximate surface area is 243 Å². The third-order valence-corrected chi connectivity index (χ3v) is 8.13. The minimum atomic E-state index is -4.06. The Bertz CT molecular complexity index is 1780. The molecule has 5 rings (SSSR count). The van der Waals surface area contributed by atoms with Gasteiger partial charge in [0.2, 0.25) is 15.9 Å². The van der Waals surface area contributed by atoms with Crippen molar-refractivity contribution in [3.8, 4) is 11.1 Å². The summed E-state index contributed by atoms with van der Waals surface area (Å²) in [6.45, 7) is 0. The highest BCUT2D eigenvalue weighted by Crippen LogP contribution is 2.28. The van der Waals surface area contributed by atoms with E-state index in [4.69, 9.17) is 17.3 Å². The zero-order chi connectivity index (χ0) is 29.4. The Kier molecular flexibility index (Phi) is 9.52. The number of benzene rings is 5. The number of halogens is 1. The molecule has 0 aliphatic carbocycles. The number of nitrogens with one attached hydrogen (secondary N) is 1. The third kappa shape index (κ3) is 7.37. The number of hydrogen-bond acceptors (Lipinski definition) is 4. The van der Waals surface area contributed by atoms with Gasteiger partial charge in [-0.3, -0.25) is 9.59 Å². The smallest absolute Gasteiger partial charge is 0.322 e. The lowest BCUT2D eigenvalue weighted by Gasteiger charge is -2.16. The summed E-state index contributed by atoms with van der Waals surface area (Å²) in [5.41, 5.74) is 8.48. The van der Waals surface area contributed by atoms with E-state index < -0.39 is 27.9 Å². The summed E-state index contributed by atoms with van der Waals surface area (Å²) in [6, 6.07) is 34.4. The number of amides is 1. The van der Waals surface area contributed by atoms with Gasteiger partial charge in [-0.05, 0) is 41.3 Å². The summed E-state index contributed by atoms with van der Waals surface area (Å²) < 4.78 is 28.0. The van der Waals surface area contributed by atoms with Gasteiger partial charge >= 0.3 is 5.97 Å². The van der Waals surface area contributed by atoms with Gasteiger partial charge in [-0.2, -0.15) is 4.72 Å². The SMILES string of the molecule is NC(=O)c1ccccc1-c1ccccc1.O=C(O)[C@H](Cc1ccccc1)NS(=O)(=O)c1cccc2c(Cl)cccc12. The quantitative estimate of drug-likeness (QED) is 0.208. The van der Waals surface area contributed by atoms with Crippen LogP contribution in [0.3, 0.4) is 0 Å². The van der Waals surface area contributed by atoms with Crippen LogP contribution in [0.1, 0.15) is 15.9 Å². The minimum absolute atomic E-state index is 0.00295. The van der Waals surface area contributed by atoms with Crippen molar-refractivity contribution in [2.45, 2.75) is 17.4 Å². The number of carboxylic acid groups (broad SMARTS) is 1. The van der Waals surface area contributed by atoms with Gasteiger partial charge in [0.1, 0.15) is 6.04 Å². The summed E-state index contributed by atoms with van der Waals surface area (Å²) in [5.74, 6) is -1.63. The second kappa shape index (κ2) is 13.2. The normalized spacial score (nSPS) is 11.7. The van der Waals surface area contributed by atoms with Crippen molar-refractivity contribution in [1.82, 2.24) is 4.72 Å². The minimum Gasteiger partial charge on any atom is -0.480 e. The van der Waals surface area contributed by atoms with Crippen molar-refractivity contribution in [1.29, 1.82) is 0 Å². The van der Waals surface area contributed by atoms with Crippen LogP contribution in [-0.4, -0.2) is 31.4 Å². The summed E-state index contributed by atoms with van der Waals surface area (Å²) >= 11 is 6.13. The number of hydrogen-bond donors (Lipinski definition) is 3. The lowest BCUT2D eigenvalue weighted by atomic mass is 9.99. The number of carboxylic acids is 1. The zero-order valence-corrected chi connectivity index (χ0v) is 23.3. The van der Waals surface area contributed by atoms with E-state index in [0.717, 1.165) is 16.7 Å². The van der Waals surface area contributed by atoms with Crippen LogP contribution in [0.5, 0.6) is 0 Å². The Morgan fingerprint density at radius 3 is 2.00 bits per heavy atom. The molecule has 0 aromatic heterocycles. The van der Waals surface area contributed by atoms with Gasteiger partial charge in [0.15, 0.2) is 0 Å². The number of sulfonamides is 1. The summed E-state index contributed by atoms with van der Waals surface area (Å²) in [7, 11) is -4.06.